The van der Waals surface area contributed by atoms with Crippen LogP contribution < -0.4 is 34.2 Å². The van der Waals surface area contributed by atoms with Gasteiger partial charge in [0.05, 0.1) is 38.4 Å². The van der Waals surface area contributed by atoms with Gasteiger partial charge in [-0.3, -0.25) is 14.6 Å². The van der Waals surface area contributed by atoms with E-state index in [1.54, 1.807) is 19.2 Å². The van der Waals surface area contributed by atoms with Gasteiger partial charge in [0.25, 0.3) is 21.8 Å². The number of nitrogens with one attached hydrogen (secondary N) is 4. The van der Waals surface area contributed by atoms with Crippen molar-refractivity contribution in [2.45, 2.75) is 107 Å². The number of benzene rings is 3. The Kier molecular flexibility index (Phi) is 15.9. The number of H-pyrrole nitrogens is 1. The third-order valence-electron chi connectivity index (χ3n) is 16.1. The maximum Gasteiger partial charge on any atom is 0.268 e. The summed E-state index contributed by atoms with van der Waals surface area (Å²) in [5.41, 5.74) is 6.30. The van der Waals surface area contributed by atoms with E-state index < -0.39 is 21.7 Å². The summed E-state index contributed by atoms with van der Waals surface area (Å²) in [6.07, 6.45) is 10.9. The molecular weight excluding hydrogens is 986 g/mol. The minimum absolute atomic E-state index is 0.00296. The van der Waals surface area contributed by atoms with Gasteiger partial charge in [-0.25, -0.2) is 22.5 Å². The molecule has 4 aliphatic rings. The monoisotopic (exact) mass is 1060 g/mol. The van der Waals surface area contributed by atoms with Crippen LogP contribution in [0.25, 0.3) is 11.0 Å². The maximum atomic E-state index is 15.0. The number of pyridine rings is 2. The summed E-state index contributed by atoms with van der Waals surface area (Å²) in [7, 11) is -0.0388. The summed E-state index contributed by atoms with van der Waals surface area (Å²) in [6, 6.07) is 23.8. The lowest BCUT2D eigenvalue weighted by Crippen LogP contribution is -2.98. The predicted octanol–water partition coefficient (Wildman–Crippen LogP) is 9.44. The van der Waals surface area contributed by atoms with Crippen LogP contribution in [0.3, 0.4) is 0 Å². The van der Waals surface area contributed by atoms with Gasteiger partial charge in [-0.2, -0.15) is 4.98 Å². The van der Waals surface area contributed by atoms with E-state index in [0.717, 1.165) is 82.3 Å². The summed E-state index contributed by atoms with van der Waals surface area (Å²) < 4.78 is 63.1. The molecule has 3 aromatic carbocycles. The molecule has 2 saturated carbocycles. The normalized spacial score (nSPS) is 20.4. The van der Waals surface area contributed by atoms with Gasteiger partial charge in [-0.05, 0) is 103 Å². The summed E-state index contributed by atoms with van der Waals surface area (Å²) >= 11 is 0. The molecular formula is C58H72FN9O7S. The summed E-state index contributed by atoms with van der Waals surface area (Å²) in [5, 5.41) is 15.9. The SMILES string of the molecule is COc1cc(CN2CCN(C3CCN(c4ccc(C(=O)NS(=O)(=O)c5cnc(NCC6CCC(C)CC6)c([NH+](C)[O-])c5)c(Oc5cc6c(F)c[nH]c6nc5OC)c4)CC3)[C@H](c3ccccc3C(C)C)C2)ccc1C1CC1. The minimum Gasteiger partial charge on any atom is -0.629 e. The Balaban J connectivity index is 0.888. The number of nitrogens with zero attached hydrogens (tertiary/aromatic N) is 5. The largest absolute Gasteiger partial charge is 0.629 e. The van der Waals surface area contributed by atoms with Crippen LogP contribution in [0.1, 0.15) is 123 Å². The average molecular weight is 1060 g/mol. The highest BCUT2D eigenvalue weighted by atomic mass is 32.2. The van der Waals surface area contributed by atoms with Crippen molar-refractivity contribution >= 4 is 44.2 Å². The van der Waals surface area contributed by atoms with Crippen molar-refractivity contribution in [2.24, 2.45) is 11.8 Å². The smallest absolute Gasteiger partial charge is 0.268 e. The van der Waals surface area contributed by atoms with Crippen molar-refractivity contribution in [3.8, 4) is 23.1 Å². The standard InChI is InChI=1S/C58H72FN9O7S/c1-36(2)44-9-7-8-10-46(44)51-35-66(34-39-15-19-45(40-16-17-40)52(27-39)73-5)25-26-68(51)41-21-23-67(24-22-41)42-18-20-47(53(28-42)75-54-30-48-49(59)33-62-55(48)63-58(54)74-6)57(69)64-76(71,72)43-29-50(65(4)70)56(61-32-43)60-31-38-13-11-37(3)12-14-38/h7-10,15,18-20,27-30,32-33,36-38,40-41,51,65H,11-14,16-17,21-26,31,34-35H2,1-6H3,(H,60,61)(H,62,63)(H,64,69)/t37?,38?,51-/m0/s1. The van der Waals surface area contributed by atoms with Gasteiger partial charge in [0, 0.05) is 88.0 Å². The van der Waals surface area contributed by atoms with Gasteiger partial charge in [0.2, 0.25) is 0 Å². The van der Waals surface area contributed by atoms with Gasteiger partial charge in [-0.1, -0.05) is 70.0 Å². The maximum absolute atomic E-state index is 15.0. The molecule has 0 bridgehead atoms. The molecule has 0 radical (unpaired) electrons. The van der Waals surface area contributed by atoms with Crippen molar-refractivity contribution in [3.63, 3.8) is 0 Å². The van der Waals surface area contributed by atoms with Crippen LogP contribution in [0.2, 0.25) is 0 Å². The Morgan fingerprint density at radius 1 is 0.895 bits per heavy atom. The molecule has 6 aromatic rings. The molecule has 1 unspecified atom stereocenters. The molecule has 0 spiro atoms. The lowest BCUT2D eigenvalue weighted by Gasteiger charge is -2.48. The molecule has 5 heterocycles. The van der Waals surface area contributed by atoms with Crippen molar-refractivity contribution in [1.29, 1.82) is 0 Å². The molecule has 18 heteroatoms. The molecule has 2 saturated heterocycles. The summed E-state index contributed by atoms with van der Waals surface area (Å²) in [4.78, 5) is 33.1. The van der Waals surface area contributed by atoms with Crippen LogP contribution in [0.15, 0.2) is 90.1 Å². The number of aromatic nitrogens is 3. The van der Waals surface area contributed by atoms with Crippen molar-refractivity contribution in [2.75, 3.05) is 70.8 Å². The zero-order valence-electron chi connectivity index (χ0n) is 44.5. The Bertz CT molecular complexity index is 3150. The highest BCUT2D eigenvalue weighted by Crippen LogP contribution is 2.45. The van der Waals surface area contributed by atoms with E-state index in [-0.39, 0.29) is 55.7 Å². The predicted molar refractivity (Wildman–Crippen MR) is 293 cm³/mol. The topological polar surface area (TPSA) is 182 Å². The quantitative estimate of drug-likeness (QED) is 0.0599. The lowest BCUT2D eigenvalue weighted by molar-refractivity contribution is -0.751. The number of carbonyl (C=O) groups is 1. The number of hydrogen-bond acceptors (Lipinski definition) is 13. The Morgan fingerprint density at radius 2 is 1.67 bits per heavy atom. The van der Waals surface area contributed by atoms with E-state index in [9.17, 15) is 22.8 Å². The Hall–Kier alpha value is -6.31. The van der Waals surface area contributed by atoms with Crippen LogP contribution >= 0.6 is 0 Å². The van der Waals surface area contributed by atoms with Gasteiger partial charge in [0.15, 0.2) is 17.3 Å². The number of anilines is 2. The Morgan fingerprint density at radius 3 is 2.39 bits per heavy atom. The second kappa shape index (κ2) is 22.7. The molecule has 4 N–H and O–H groups in total. The zero-order chi connectivity index (χ0) is 53.3. The molecule has 2 aliphatic carbocycles. The number of aromatic amines is 1. The first-order valence-corrected chi connectivity index (χ1v) is 28.5. The molecule has 2 atom stereocenters. The zero-order valence-corrected chi connectivity index (χ0v) is 45.4. The number of quaternary nitrogens is 1. The second-order valence-electron chi connectivity index (χ2n) is 21.7. The lowest BCUT2D eigenvalue weighted by atomic mass is 9.83. The molecule has 10 rings (SSSR count). The Labute approximate surface area is 446 Å². The average Bonchev–Trinajstić information content (AvgIpc) is 4.22. The third-order valence-corrected chi connectivity index (χ3v) is 17.4. The number of piperazine rings is 1. The third kappa shape index (κ3) is 11.7. The number of methoxy groups -OCH3 is 2. The first kappa shape index (κ1) is 53.1. The number of hydrogen-bond donors (Lipinski definition) is 4. The molecule has 16 nitrogen and oxygen atoms in total. The van der Waals surface area contributed by atoms with Crippen LogP contribution in [0, 0.1) is 22.9 Å². The number of ether oxygens (including phenoxy) is 3. The number of rotatable bonds is 18. The molecule has 2 aliphatic heterocycles. The minimum atomic E-state index is -4.57. The summed E-state index contributed by atoms with van der Waals surface area (Å²) in [5.74, 6) is 1.87. The van der Waals surface area contributed by atoms with Crippen molar-refractivity contribution in [1.82, 2.24) is 29.5 Å². The van der Waals surface area contributed by atoms with E-state index in [0.29, 0.717) is 55.2 Å². The van der Waals surface area contributed by atoms with Gasteiger partial charge in [0.1, 0.15) is 27.9 Å². The number of amides is 1. The second-order valence-corrected chi connectivity index (χ2v) is 23.4. The van der Waals surface area contributed by atoms with Crippen molar-refractivity contribution < 1.29 is 36.9 Å². The number of hydroxylamine groups is 1. The van der Waals surface area contributed by atoms with Gasteiger partial charge < -0.3 is 39.7 Å². The van der Waals surface area contributed by atoms with E-state index in [1.807, 2.05) is 0 Å². The molecule has 3 aromatic heterocycles. The number of sulfonamides is 1. The fourth-order valence-electron chi connectivity index (χ4n) is 11.7. The molecule has 1 amide bonds. The van der Waals surface area contributed by atoms with Gasteiger partial charge >= 0.3 is 0 Å². The number of piperidine rings is 1. The fourth-order valence-corrected chi connectivity index (χ4v) is 12.6. The summed E-state index contributed by atoms with van der Waals surface area (Å²) in [6.45, 7) is 12.4. The van der Waals surface area contributed by atoms with E-state index in [4.69, 9.17) is 14.2 Å². The first-order valence-electron chi connectivity index (χ1n) is 27.0. The highest BCUT2D eigenvalue weighted by molar-refractivity contribution is 7.90. The molecule has 4 fully saturated rings. The number of fused-ring (bicyclic) bond motifs is 1. The molecule has 76 heavy (non-hydrogen) atoms. The van der Waals surface area contributed by atoms with E-state index >= 15 is 0 Å². The van der Waals surface area contributed by atoms with Crippen LogP contribution in [-0.2, 0) is 16.6 Å². The van der Waals surface area contributed by atoms with Crippen LogP contribution in [0.5, 0.6) is 23.1 Å². The van der Waals surface area contributed by atoms with E-state index in [2.05, 4.69) is 103 Å². The number of halogens is 1. The first-order chi connectivity index (χ1) is 36.7. The fraction of sp³-hybridized carbons (Fsp3) is 0.466. The molecule has 404 valence electrons. The number of carbonyl (C=O) groups excluding carboxylic acids is 1. The van der Waals surface area contributed by atoms with E-state index in [1.165, 1.54) is 73.6 Å². The van der Waals surface area contributed by atoms with Crippen LogP contribution in [-0.4, -0.2) is 106 Å². The van der Waals surface area contributed by atoms with Crippen LogP contribution in [0.4, 0.5) is 21.6 Å². The van der Waals surface area contributed by atoms with Gasteiger partial charge in [-0.15, -0.1) is 0 Å². The highest BCUT2D eigenvalue weighted by Gasteiger charge is 2.37. The van der Waals surface area contributed by atoms with Crippen molar-refractivity contribution in [3.05, 3.63) is 124 Å².